The summed E-state index contributed by atoms with van der Waals surface area (Å²) >= 11 is 1.63. The lowest BCUT2D eigenvalue weighted by atomic mass is 10.3. The summed E-state index contributed by atoms with van der Waals surface area (Å²) in [6.45, 7) is 5.48. The molecule has 1 amide bonds. The average Bonchev–Trinajstić information content (AvgIpc) is 3.39. The second-order valence-electron chi connectivity index (χ2n) is 6.65. The number of nitrogens with one attached hydrogen (secondary N) is 1. The molecule has 4 heterocycles. The van der Waals surface area contributed by atoms with E-state index in [-0.39, 0.29) is 5.91 Å². The summed E-state index contributed by atoms with van der Waals surface area (Å²) in [6, 6.07) is 5.68. The normalized spacial score (nSPS) is 11.3. The number of hydrogen-bond donors (Lipinski definition) is 1. The lowest BCUT2D eigenvalue weighted by Gasteiger charge is -2.02. The predicted molar refractivity (Wildman–Crippen MR) is 111 cm³/mol. The van der Waals surface area contributed by atoms with E-state index in [1.807, 2.05) is 53.4 Å². The number of methoxy groups -OCH3 is 1. The zero-order chi connectivity index (χ0) is 20.4. The molecule has 150 valence electrons. The quantitative estimate of drug-likeness (QED) is 0.474. The van der Waals surface area contributed by atoms with Gasteiger partial charge in [-0.1, -0.05) is 6.07 Å². The number of aromatic nitrogens is 5. The van der Waals surface area contributed by atoms with Gasteiger partial charge in [-0.15, -0.1) is 11.3 Å². The number of thiazole rings is 1. The number of imidazole rings is 2. The van der Waals surface area contributed by atoms with Crippen LogP contribution in [0, 0.1) is 13.8 Å². The van der Waals surface area contributed by atoms with Gasteiger partial charge in [0.15, 0.2) is 11.5 Å². The molecule has 0 saturated carbocycles. The first-order chi connectivity index (χ1) is 14.1. The maximum absolute atomic E-state index is 12.6. The van der Waals surface area contributed by atoms with Crippen LogP contribution in [0.15, 0.2) is 36.0 Å². The van der Waals surface area contributed by atoms with Crippen molar-refractivity contribution in [1.82, 2.24) is 29.2 Å². The van der Waals surface area contributed by atoms with Crippen LogP contribution in [0.3, 0.4) is 0 Å². The smallest absolute Gasteiger partial charge is 0.272 e. The summed E-state index contributed by atoms with van der Waals surface area (Å²) in [6.07, 6.45) is 3.85. The second kappa shape index (κ2) is 8.14. The molecule has 0 saturated heterocycles. The Hall–Kier alpha value is -3.04. The fourth-order valence-electron chi connectivity index (χ4n) is 3.17. The third kappa shape index (κ3) is 3.92. The Morgan fingerprint density at radius 3 is 2.86 bits per heavy atom. The molecule has 0 unspecified atom stereocenters. The zero-order valence-corrected chi connectivity index (χ0v) is 17.4. The van der Waals surface area contributed by atoms with Crippen LogP contribution in [0.5, 0.6) is 0 Å². The van der Waals surface area contributed by atoms with E-state index in [1.165, 1.54) is 0 Å². The number of carbonyl (C=O) groups excluding carboxylic acids is 1. The van der Waals surface area contributed by atoms with Gasteiger partial charge in [-0.25, -0.2) is 15.0 Å². The van der Waals surface area contributed by atoms with E-state index >= 15 is 0 Å². The molecule has 8 nitrogen and oxygen atoms in total. The van der Waals surface area contributed by atoms with E-state index in [0.29, 0.717) is 36.9 Å². The summed E-state index contributed by atoms with van der Waals surface area (Å²) in [5.41, 5.74) is 2.83. The Bertz CT molecular complexity index is 1160. The third-order valence-electron chi connectivity index (χ3n) is 4.56. The van der Waals surface area contributed by atoms with Gasteiger partial charge in [-0.05, 0) is 26.0 Å². The third-order valence-corrected chi connectivity index (χ3v) is 5.38. The SMILES string of the molecule is COCCNC(=O)c1nc(-c2cn(Cc3csc(C)n3)c(C)n2)n2ccccc12. The summed E-state index contributed by atoms with van der Waals surface area (Å²) in [4.78, 5) is 26.5. The van der Waals surface area contributed by atoms with E-state index in [1.54, 1.807) is 18.4 Å². The van der Waals surface area contributed by atoms with Crippen molar-refractivity contribution in [3.8, 4) is 11.5 Å². The first kappa shape index (κ1) is 19.3. The minimum Gasteiger partial charge on any atom is -0.383 e. The zero-order valence-electron chi connectivity index (χ0n) is 16.5. The molecule has 0 aliphatic carbocycles. The number of fused-ring (bicyclic) bond motifs is 1. The van der Waals surface area contributed by atoms with Crippen LogP contribution >= 0.6 is 11.3 Å². The fraction of sp³-hybridized carbons (Fsp3) is 0.300. The molecule has 9 heteroatoms. The van der Waals surface area contributed by atoms with Gasteiger partial charge in [-0.2, -0.15) is 0 Å². The number of ether oxygens (including phenoxy) is 1. The topological polar surface area (TPSA) is 86.3 Å². The number of rotatable bonds is 7. The van der Waals surface area contributed by atoms with E-state index in [2.05, 4.69) is 25.6 Å². The van der Waals surface area contributed by atoms with Crippen molar-refractivity contribution < 1.29 is 9.53 Å². The summed E-state index contributed by atoms with van der Waals surface area (Å²) in [7, 11) is 1.60. The molecule has 0 spiro atoms. The Labute approximate surface area is 172 Å². The minimum absolute atomic E-state index is 0.230. The number of aryl methyl sites for hydroxylation is 2. The summed E-state index contributed by atoms with van der Waals surface area (Å²) < 4.78 is 8.94. The first-order valence-electron chi connectivity index (χ1n) is 9.26. The molecule has 0 aromatic carbocycles. The van der Waals surface area contributed by atoms with Gasteiger partial charge in [0, 0.05) is 31.4 Å². The lowest BCUT2D eigenvalue weighted by Crippen LogP contribution is -2.27. The highest BCUT2D eigenvalue weighted by molar-refractivity contribution is 7.09. The molecule has 0 radical (unpaired) electrons. The van der Waals surface area contributed by atoms with Crippen molar-refractivity contribution in [1.29, 1.82) is 0 Å². The van der Waals surface area contributed by atoms with Crippen molar-refractivity contribution in [2.75, 3.05) is 20.3 Å². The van der Waals surface area contributed by atoms with Gasteiger partial charge in [0.25, 0.3) is 5.91 Å². The molecule has 0 aliphatic heterocycles. The maximum atomic E-state index is 12.6. The number of amides is 1. The molecule has 0 fully saturated rings. The number of hydrogen-bond acceptors (Lipinski definition) is 6. The second-order valence-corrected chi connectivity index (χ2v) is 7.71. The van der Waals surface area contributed by atoms with Crippen molar-refractivity contribution in [3.63, 3.8) is 0 Å². The van der Waals surface area contributed by atoms with Crippen LogP contribution in [0.25, 0.3) is 17.0 Å². The van der Waals surface area contributed by atoms with Crippen molar-refractivity contribution in [3.05, 3.63) is 58.2 Å². The number of pyridine rings is 1. The number of carbonyl (C=O) groups is 1. The molecule has 4 aromatic heterocycles. The van der Waals surface area contributed by atoms with Crippen molar-refractivity contribution >= 4 is 22.8 Å². The average molecular weight is 411 g/mol. The van der Waals surface area contributed by atoms with Crippen LogP contribution in [-0.2, 0) is 11.3 Å². The van der Waals surface area contributed by atoms with Gasteiger partial charge in [0.05, 0.1) is 29.4 Å². The molecular weight excluding hydrogens is 388 g/mol. The van der Waals surface area contributed by atoms with Gasteiger partial charge in [-0.3, -0.25) is 9.20 Å². The molecule has 0 atom stereocenters. The Kier molecular flexibility index (Phi) is 5.41. The van der Waals surface area contributed by atoms with Crippen molar-refractivity contribution in [2.24, 2.45) is 0 Å². The van der Waals surface area contributed by atoms with Crippen LogP contribution in [0.1, 0.15) is 27.0 Å². The Morgan fingerprint density at radius 2 is 2.10 bits per heavy atom. The molecule has 0 aliphatic rings. The van der Waals surface area contributed by atoms with E-state index < -0.39 is 0 Å². The maximum Gasteiger partial charge on any atom is 0.272 e. The van der Waals surface area contributed by atoms with E-state index in [0.717, 1.165) is 22.0 Å². The van der Waals surface area contributed by atoms with Crippen LogP contribution in [-0.4, -0.2) is 50.1 Å². The first-order valence-corrected chi connectivity index (χ1v) is 10.1. The molecule has 4 rings (SSSR count). The highest BCUT2D eigenvalue weighted by Gasteiger charge is 2.20. The standard InChI is InChI=1S/C20H22N6O2S/c1-13-22-16(11-25(13)10-15-12-29-14(2)23-15)19-24-18(20(27)21-7-9-28-3)17-6-4-5-8-26(17)19/h4-6,8,11-12H,7,9-10H2,1-3H3,(H,21,27). The molecule has 1 N–H and O–H groups in total. The highest BCUT2D eigenvalue weighted by atomic mass is 32.1. The van der Waals surface area contributed by atoms with Crippen LogP contribution in [0.4, 0.5) is 0 Å². The fourth-order valence-corrected chi connectivity index (χ4v) is 3.77. The molecular formula is C20H22N6O2S. The van der Waals surface area contributed by atoms with Crippen LogP contribution < -0.4 is 5.32 Å². The highest BCUT2D eigenvalue weighted by Crippen LogP contribution is 2.23. The van der Waals surface area contributed by atoms with Gasteiger partial charge in [0.1, 0.15) is 11.5 Å². The summed E-state index contributed by atoms with van der Waals surface area (Å²) in [5.74, 6) is 1.27. The lowest BCUT2D eigenvalue weighted by molar-refractivity contribution is 0.0934. The minimum atomic E-state index is -0.230. The monoisotopic (exact) mass is 410 g/mol. The largest absolute Gasteiger partial charge is 0.383 e. The van der Waals surface area contributed by atoms with E-state index in [9.17, 15) is 4.79 Å². The van der Waals surface area contributed by atoms with Gasteiger partial charge < -0.3 is 14.6 Å². The van der Waals surface area contributed by atoms with Gasteiger partial charge >= 0.3 is 0 Å². The van der Waals surface area contributed by atoms with Crippen LogP contribution in [0.2, 0.25) is 0 Å². The summed E-state index contributed by atoms with van der Waals surface area (Å²) in [5, 5.41) is 5.94. The predicted octanol–water partition coefficient (Wildman–Crippen LogP) is 2.70. The molecule has 29 heavy (non-hydrogen) atoms. The van der Waals surface area contributed by atoms with Crippen molar-refractivity contribution in [2.45, 2.75) is 20.4 Å². The van der Waals surface area contributed by atoms with E-state index in [4.69, 9.17) is 4.74 Å². The Balaban J connectivity index is 1.69. The number of nitrogens with zero attached hydrogens (tertiary/aromatic N) is 5. The van der Waals surface area contributed by atoms with Gasteiger partial charge in [0.2, 0.25) is 0 Å². The Morgan fingerprint density at radius 1 is 1.24 bits per heavy atom. The molecule has 0 bridgehead atoms. The molecule has 4 aromatic rings.